The van der Waals surface area contributed by atoms with Gasteiger partial charge in [0.15, 0.2) is 0 Å². The van der Waals surface area contributed by atoms with Crippen molar-refractivity contribution >= 4 is 17.6 Å². The van der Waals surface area contributed by atoms with Gasteiger partial charge in [-0.05, 0) is 56.3 Å². The number of nitrogens with one attached hydrogen (secondary N) is 2. The van der Waals surface area contributed by atoms with Crippen molar-refractivity contribution in [1.29, 1.82) is 0 Å². The molecule has 4 fully saturated rings. The molecule has 0 unspecified atom stereocenters. The lowest BCUT2D eigenvalue weighted by atomic mass is 9.53. The number of hydrogen-bond donors (Lipinski definition) is 3. The highest BCUT2D eigenvalue weighted by molar-refractivity contribution is 5.52. The summed E-state index contributed by atoms with van der Waals surface area (Å²) < 4.78 is 0. The lowest BCUT2D eigenvalue weighted by Crippen LogP contribution is -2.54. The van der Waals surface area contributed by atoms with Crippen molar-refractivity contribution in [3.63, 3.8) is 0 Å². The second-order valence-corrected chi connectivity index (χ2v) is 7.07. The normalized spacial score (nSPS) is 38.0. The molecule has 0 amide bonds. The zero-order valence-electron chi connectivity index (χ0n) is 12.0. The first-order chi connectivity index (χ1) is 9.64. The van der Waals surface area contributed by atoms with Gasteiger partial charge in [-0.2, -0.15) is 9.97 Å². The van der Waals surface area contributed by atoms with E-state index in [1.54, 1.807) is 0 Å². The van der Waals surface area contributed by atoms with Crippen LogP contribution in [0.25, 0.3) is 0 Å². The van der Waals surface area contributed by atoms with Crippen LogP contribution in [-0.2, 0) is 0 Å². The SMILES string of the molecule is CNc1cc(NC23CC4CC(CC(C4)C2)C3)nc(N)n1. The minimum absolute atomic E-state index is 0.264. The molecule has 108 valence electrons. The Hall–Kier alpha value is -1.52. The molecule has 5 nitrogen and oxygen atoms in total. The van der Waals surface area contributed by atoms with Crippen molar-refractivity contribution in [3.8, 4) is 0 Å². The van der Waals surface area contributed by atoms with Crippen molar-refractivity contribution in [2.24, 2.45) is 17.8 Å². The van der Waals surface area contributed by atoms with Crippen LogP contribution in [0.5, 0.6) is 0 Å². The summed E-state index contributed by atoms with van der Waals surface area (Å²) in [6.07, 6.45) is 8.27. The number of hydrogen-bond acceptors (Lipinski definition) is 5. The number of aromatic nitrogens is 2. The second-order valence-electron chi connectivity index (χ2n) is 7.07. The van der Waals surface area contributed by atoms with Crippen molar-refractivity contribution in [1.82, 2.24) is 9.97 Å². The van der Waals surface area contributed by atoms with Crippen molar-refractivity contribution < 1.29 is 0 Å². The summed E-state index contributed by atoms with van der Waals surface area (Å²) in [6.45, 7) is 0. The molecule has 0 radical (unpaired) electrons. The fourth-order valence-corrected chi connectivity index (χ4v) is 5.19. The molecule has 0 aliphatic heterocycles. The van der Waals surface area contributed by atoms with Gasteiger partial charge in [-0.25, -0.2) is 0 Å². The molecule has 0 atom stereocenters. The molecule has 4 aliphatic carbocycles. The topological polar surface area (TPSA) is 75.9 Å². The van der Waals surface area contributed by atoms with Crippen LogP contribution in [0.2, 0.25) is 0 Å². The largest absolute Gasteiger partial charge is 0.373 e. The van der Waals surface area contributed by atoms with E-state index in [1.807, 2.05) is 13.1 Å². The van der Waals surface area contributed by atoms with Crippen LogP contribution in [0, 0.1) is 17.8 Å². The first-order valence-electron chi connectivity index (χ1n) is 7.75. The maximum Gasteiger partial charge on any atom is 0.223 e. The average Bonchev–Trinajstić information content (AvgIpc) is 2.35. The molecule has 0 spiro atoms. The minimum atomic E-state index is 0.264. The first kappa shape index (κ1) is 12.2. The highest BCUT2D eigenvalue weighted by atomic mass is 15.1. The highest BCUT2D eigenvalue weighted by Crippen LogP contribution is 2.56. The van der Waals surface area contributed by atoms with E-state index in [4.69, 9.17) is 5.73 Å². The zero-order chi connectivity index (χ0) is 13.7. The van der Waals surface area contributed by atoms with Crippen LogP contribution in [-0.4, -0.2) is 22.6 Å². The van der Waals surface area contributed by atoms with Gasteiger partial charge in [-0.15, -0.1) is 0 Å². The number of rotatable bonds is 3. The summed E-state index contributed by atoms with van der Waals surface area (Å²) in [5.41, 5.74) is 6.06. The summed E-state index contributed by atoms with van der Waals surface area (Å²) in [5, 5.41) is 6.78. The molecule has 1 heterocycles. The minimum Gasteiger partial charge on any atom is -0.373 e. The average molecular weight is 273 g/mol. The van der Waals surface area contributed by atoms with Gasteiger partial charge in [-0.3, -0.25) is 0 Å². The van der Waals surface area contributed by atoms with Gasteiger partial charge < -0.3 is 16.4 Å². The Bertz CT molecular complexity index is 492. The Morgan fingerprint density at radius 1 is 1.05 bits per heavy atom. The third-order valence-electron chi connectivity index (χ3n) is 5.43. The van der Waals surface area contributed by atoms with E-state index in [2.05, 4.69) is 20.6 Å². The highest BCUT2D eigenvalue weighted by Gasteiger charge is 2.51. The predicted octanol–water partition coefficient (Wildman–Crippen LogP) is 2.48. The Morgan fingerprint density at radius 2 is 1.60 bits per heavy atom. The molecule has 5 rings (SSSR count). The molecule has 5 heteroatoms. The van der Waals surface area contributed by atoms with Crippen LogP contribution in [0.3, 0.4) is 0 Å². The van der Waals surface area contributed by atoms with E-state index in [1.165, 1.54) is 38.5 Å². The molecule has 4 aliphatic rings. The second kappa shape index (κ2) is 4.24. The number of nitrogens with two attached hydrogens (primary N) is 1. The standard InChI is InChI=1S/C15H23N5/c1-17-12-5-13(19-14(16)18-12)20-15-6-9-2-10(7-15)4-11(3-9)8-15/h5,9-11H,2-4,6-8H2,1H3,(H4,16,17,18,19,20). The lowest BCUT2D eigenvalue weighted by Gasteiger charge is -2.57. The van der Waals surface area contributed by atoms with Crippen LogP contribution < -0.4 is 16.4 Å². The van der Waals surface area contributed by atoms with Crippen LogP contribution in [0.1, 0.15) is 38.5 Å². The van der Waals surface area contributed by atoms with Gasteiger partial charge in [0.05, 0.1) is 0 Å². The first-order valence-corrected chi connectivity index (χ1v) is 7.75. The predicted molar refractivity (Wildman–Crippen MR) is 80.5 cm³/mol. The van der Waals surface area contributed by atoms with E-state index < -0.39 is 0 Å². The fraction of sp³-hybridized carbons (Fsp3) is 0.733. The van der Waals surface area contributed by atoms with E-state index in [9.17, 15) is 0 Å². The lowest BCUT2D eigenvalue weighted by molar-refractivity contribution is 0.0105. The molecular weight excluding hydrogens is 250 g/mol. The molecule has 4 bridgehead atoms. The number of nitrogens with zero attached hydrogens (tertiary/aromatic N) is 2. The van der Waals surface area contributed by atoms with Gasteiger partial charge in [0, 0.05) is 18.7 Å². The van der Waals surface area contributed by atoms with Crippen molar-refractivity contribution in [2.75, 3.05) is 23.4 Å². The molecule has 0 aromatic carbocycles. The van der Waals surface area contributed by atoms with Gasteiger partial charge >= 0.3 is 0 Å². The van der Waals surface area contributed by atoms with Gasteiger partial charge in [0.2, 0.25) is 5.95 Å². The number of anilines is 3. The fourth-order valence-electron chi connectivity index (χ4n) is 5.19. The van der Waals surface area contributed by atoms with E-state index in [0.717, 1.165) is 29.4 Å². The van der Waals surface area contributed by atoms with E-state index in [-0.39, 0.29) is 5.54 Å². The quantitative estimate of drug-likeness (QED) is 0.789. The Labute approximate surface area is 119 Å². The summed E-state index contributed by atoms with van der Waals surface area (Å²) >= 11 is 0. The van der Waals surface area contributed by atoms with E-state index >= 15 is 0 Å². The van der Waals surface area contributed by atoms with Crippen molar-refractivity contribution in [3.05, 3.63) is 6.07 Å². The summed E-state index contributed by atoms with van der Waals surface area (Å²) in [7, 11) is 1.86. The van der Waals surface area contributed by atoms with Crippen LogP contribution in [0.4, 0.5) is 17.6 Å². The molecule has 1 aromatic heterocycles. The number of nitrogen functional groups attached to an aromatic ring is 1. The smallest absolute Gasteiger partial charge is 0.223 e. The third kappa shape index (κ3) is 2.00. The molecule has 1 aromatic rings. The van der Waals surface area contributed by atoms with Crippen LogP contribution in [0.15, 0.2) is 6.07 Å². The molecule has 20 heavy (non-hydrogen) atoms. The summed E-state index contributed by atoms with van der Waals surface area (Å²) in [5.74, 6) is 4.78. The van der Waals surface area contributed by atoms with Crippen molar-refractivity contribution in [2.45, 2.75) is 44.1 Å². The molecule has 4 N–H and O–H groups in total. The Morgan fingerprint density at radius 3 is 2.15 bits per heavy atom. The van der Waals surface area contributed by atoms with Gasteiger partial charge in [-0.1, -0.05) is 0 Å². The van der Waals surface area contributed by atoms with Crippen LogP contribution >= 0.6 is 0 Å². The summed E-state index contributed by atoms with van der Waals surface area (Å²) in [6, 6.07) is 1.97. The maximum atomic E-state index is 5.80. The van der Waals surface area contributed by atoms with Gasteiger partial charge in [0.1, 0.15) is 11.6 Å². The van der Waals surface area contributed by atoms with Gasteiger partial charge in [0.25, 0.3) is 0 Å². The molecular formula is C15H23N5. The monoisotopic (exact) mass is 273 g/mol. The van der Waals surface area contributed by atoms with E-state index in [0.29, 0.717) is 5.95 Å². The molecule has 4 saturated carbocycles. The Balaban J connectivity index is 1.61. The third-order valence-corrected chi connectivity index (χ3v) is 5.43. The molecule has 0 saturated heterocycles. The maximum absolute atomic E-state index is 5.80. The Kier molecular flexibility index (Phi) is 2.59. The zero-order valence-corrected chi connectivity index (χ0v) is 12.0. The summed E-state index contributed by atoms with van der Waals surface area (Å²) in [4.78, 5) is 8.54.